The Balaban J connectivity index is 2.69. The number of carboxylic acids is 2. The highest BCUT2D eigenvalue weighted by molar-refractivity contribution is 5.87. The smallest absolute Gasteiger partial charge is 0.327 e. The number of nitrogens with one attached hydrogen (secondary N) is 3. The summed E-state index contributed by atoms with van der Waals surface area (Å²) in [4.78, 5) is 41.8. The molecule has 0 saturated carbocycles. The lowest BCUT2D eigenvalue weighted by Gasteiger charge is -2.26. The monoisotopic (exact) mass is 384 g/mol. The number of nitrogens with two attached hydrogens (primary N) is 2. The highest BCUT2D eigenvalue weighted by Crippen LogP contribution is 2.04. The molecule has 152 valence electrons. The van der Waals surface area contributed by atoms with E-state index in [9.17, 15) is 24.6 Å². The van der Waals surface area contributed by atoms with Crippen molar-refractivity contribution in [2.24, 2.45) is 11.5 Å². The fourth-order valence-corrected chi connectivity index (χ4v) is 2.54. The van der Waals surface area contributed by atoms with Gasteiger partial charge >= 0.3 is 11.9 Å². The molecule has 0 saturated heterocycles. The third-order valence-corrected chi connectivity index (χ3v) is 4.10. The lowest BCUT2D eigenvalue weighted by Crippen LogP contribution is -2.59. The first-order valence-electron chi connectivity index (χ1n) is 8.71. The number of aromatic nitrogens is 2. The molecule has 27 heavy (non-hydrogen) atoms. The van der Waals surface area contributed by atoms with Crippen molar-refractivity contribution in [1.82, 2.24) is 20.6 Å². The Bertz CT molecular complexity index is 608. The van der Waals surface area contributed by atoms with Gasteiger partial charge in [0.05, 0.1) is 18.1 Å². The van der Waals surface area contributed by atoms with Gasteiger partial charge in [-0.3, -0.25) is 14.9 Å². The van der Waals surface area contributed by atoms with Crippen LogP contribution in [0.4, 0.5) is 0 Å². The van der Waals surface area contributed by atoms with Crippen LogP contribution in [0.2, 0.25) is 0 Å². The first kappa shape index (κ1) is 22.5. The highest BCUT2D eigenvalue weighted by atomic mass is 16.4. The standard InChI is InChI=1S/C16H28N6O5/c1-9(21-12(15(24)25)6-10-7-19-8-20-10)13(16(26)27)22-14(23)11(18)4-2-3-5-17/h7-9,11-13,21H,2-6,17-18H2,1H3,(H,19,20)(H,22,23)(H,24,25)(H,26,27)/t9-,11+,12+,13+/m1/s1. The zero-order chi connectivity index (χ0) is 20.4. The van der Waals surface area contributed by atoms with E-state index in [4.69, 9.17) is 11.5 Å². The molecule has 0 aliphatic rings. The van der Waals surface area contributed by atoms with Crippen molar-refractivity contribution in [2.45, 2.75) is 56.8 Å². The molecule has 0 bridgehead atoms. The lowest BCUT2D eigenvalue weighted by atomic mass is 10.0. The number of imidazole rings is 1. The van der Waals surface area contributed by atoms with E-state index in [0.717, 1.165) is 6.42 Å². The quantitative estimate of drug-likeness (QED) is 0.196. The minimum Gasteiger partial charge on any atom is -0.480 e. The number of hydrogen-bond donors (Lipinski definition) is 7. The van der Waals surface area contributed by atoms with Gasteiger partial charge in [0, 0.05) is 18.7 Å². The predicted octanol–water partition coefficient (Wildman–Crippen LogP) is -1.59. The molecule has 0 unspecified atom stereocenters. The topological polar surface area (TPSA) is 196 Å². The van der Waals surface area contributed by atoms with Gasteiger partial charge < -0.3 is 32.0 Å². The number of hydrogen-bond acceptors (Lipinski definition) is 7. The van der Waals surface area contributed by atoms with Crippen LogP contribution in [0, 0.1) is 0 Å². The summed E-state index contributed by atoms with van der Waals surface area (Å²) in [5.74, 6) is -3.05. The zero-order valence-corrected chi connectivity index (χ0v) is 15.2. The molecule has 0 fully saturated rings. The van der Waals surface area contributed by atoms with Crippen molar-refractivity contribution in [3.05, 3.63) is 18.2 Å². The predicted molar refractivity (Wildman–Crippen MR) is 96.8 cm³/mol. The molecule has 0 aliphatic heterocycles. The summed E-state index contributed by atoms with van der Waals surface area (Å²) in [6.45, 7) is 1.97. The second-order valence-electron chi connectivity index (χ2n) is 6.33. The SMILES string of the molecule is C[C@@H](N[C@@H](Cc1c[nH]cn1)C(=O)O)[C@H](NC(=O)[C@@H](N)CCCCN)C(=O)O. The van der Waals surface area contributed by atoms with Crippen LogP contribution in [0.5, 0.6) is 0 Å². The number of rotatable bonds is 13. The Morgan fingerprint density at radius 1 is 1.26 bits per heavy atom. The maximum Gasteiger partial charge on any atom is 0.327 e. The van der Waals surface area contributed by atoms with Crippen molar-refractivity contribution in [3.63, 3.8) is 0 Å². The Morgan fingerprint density at radius 3 is 2.48 bits per heavy atom. The van der Waals surface area contributed by atoms with Crippen molar-refractivity contribution in [2.75, 3.05) is 6.54 Å². The molecule has 0 radical (unpaired) electrons. The van der Waals surface area contributed by atoms with Crippen molar-refractivity contribution < 1.29 is 24.6 Å². The van der Waals surface area contributed by atoms with Crippen LogP contribution in [0.25, 0.3) is 0 Å². The van der Waals surface area contributed by atoms with E-state index in [1.165, 1.54) is 13.3 Å². The summed E-state index contributed by atoms with van der Waals surface area (Å²) in [7, 11) is 0. The second kappa shape index (κ2) is 11.3. The number of aromatic amines is 1. The Morgan fingerprint density at radius 2 is 1.96 bits per heavy atom. The third-order valence-electron chi connectivity index (χ3n) is 4.10. The van der Waals surface area contributed by atoms with Gasteiger partial charge in [0.15, 0.2) is 0 Å². The van der Waals surface area contributed by atoms with Gasteiger partial charge in [-0.05, 0) is 26.3 Å². The molecule has 11 nitrogen and oxygen atoms in total. The number of carbonyl (C=O) groups excluding carboxylic acids is 1. The van der Waals surface area contributed by atoms with Crippen LogP contribution in [0.3, 0.4) is 0 Å². The number of aliphatic carboxylic acids is 2. The van der Waals surface area contributed by atoms with Crippen molar-refractivity contribution >= 4 is 17.8 Å². The van der Waals surface area contributed by atoms with Crippen molar-refractivity contribution in [1.29, 1.82) is 0 Å². The molecule has 0 aliphatic carbocycles. The second-order valence-corrected chi connectivity index (χ2v) is 6.33. The molecule has 11 heteroatoms. The average Bonchev–Trinajstić information content (AvgIpc) is 3.11. The highest BCUT2D eigenvalue weighted by Gasteiger charge is 2.31. The number of H-pyrrole nitrogens is 1. The molecule has 1 aromatic heterocycles. The minimum atomic E-state index is -1.33. The summed E-state index contributed by atoms with van der Waals surface area (Å²) in [6.07, 6.45) is 4.79. The number of unbranched alkanes of at least 4 members (excludes halogenated alkanes) is 1. The largest absolute Gasteiger partial charge is 0.480 e. The zero-order valence-electron chi connectivity index (χ0n) is 15.2. The fourth-order valence-electron chi connectivity index (χ4n) is 2.54. The van der Waals surface area contributed by atoms with Crippen LogP contribution in [-0.4, -0.2) is 68.7 Å². The molecule has 9 N–H and O–H groups in total. The Hall–Kier alpha value is -2.50. The van der Waals surface area contributed by atoms with E-state index in [-0.39, 0.29) is 6.42 Å². The first-order chi connectivity index (χ1) is 12.8. The van der Waals surface area contributed by atoms with Gasteiger partial charge in [-0.1, -0.05) is 6.42 Å². The number of carbonyl (C=O) groups is 3. The summed E-state index contributed by atoms with van der Waals surface area (Å²) in [5.41, 5.74) is 11.7. The van der Waals surface area contributed by atoms with Crippen LogP contribution >= 0.6 is 0 Å². The lowest BCUT2D eigenvalue weighted by molar-refractivity contribution is -0.144. The maximum atomic E-state index is 12.1. The van der Waals surface area contributed by atoms with Crippen LogP contribution in [-0.2, 0) is 20.8 Å². The number of carboxylic acid groups (broad SMARTS) is 2. The maximum absolute atomic E-state index is 12.1. The Kier molecular flexibility index (Phi) is 9.40. The number of amides is 1. The van der Waals surface area contributed by atoms with Crippen molar-refractivity contribution in [3.8, 4) is 0 Å². The summed E-state index contributed by atoms with van der Waals surface area (Å²) in [5, 5.41) is 23.9. The van der Waals surface area contributed by atoms with E-state index in [2.05, 4.69) is 20.6 Å². The van der Waals surface area contributed by atoms with Gasteiger partial charge in [0.25, 0.3) is 0 Å². The Labute approximate surface area is 156 Å². The normalized spacial score (nSPS) is 15.5. The first-order valence-corrected chi connectivity index (χ1v) is 8.71. The van der Waals surface area contributed by atoms with E-state index >= 15 is 0 Å². The van der Waals surface area contributed by atoms with Gasteiger partial charge in [0.2, 0.25) is 5.91 Å². The van der Waals surface area contributed by atoms with Crippen LogP contribution in [0.15, 0.2) is 12.5 Å². The van der Waals surface area contributed by atoms with E-state index in [1.54, 1.807) is 6.20 Å². The van der Waals surface area contributed by atoms with Crippen LogP contribution < -0.4 is 22.1 Å². The fraction of sp³-hybridized carbons (Fsp3) is 0.625. The third kappa shape index (κ3) is 7.72. The summed E-state index contributed by atoms with van der Waals surface area (Å²) < 4.78 is 0. The average molecular weight is 384 g/mol. The van der Waals surface area contributed by atoms with E-state index < -0.39 is 42.0 Å². The van der Waals surface area contributed by atoms with Crippen LogP contribution in [0.1, 0.15) is 31.9 Å². The minimum absolute atomic E-state index is 0.0576. The molecule has 1 aromatic rings. The van der Waals surface area contributed by atoms with Gasteiger partial charge in [-0.2, -0.15) is 0 Å². The number of nitrogens with zero attached hydrogens (tertiary/aromatic N) is 1. The summed E-state index contributed by atoms with van der Waals surface area (Å²) >= 11 is 0. The van der Waals surface area contributed by atoms with Gasteiger partial charge in [0.1, 0.15) is 12.1 Å². The molecular formula is C16H28N6O5. The molecule has 0 spiro atoms. The van der Waals surface area contributed by atoms with E-state index in [0.29, 0.717) is 25.1 Å². The summed E-state index contributed by atoms with van der Waals surface area (Å²) in [6, 6.07) is -4.12. The van der Waals surface area contributed by atoms with Gasteiger partial charge in [-0.25, -0.2) is 9.78 Å². The van der Waals surface area contributed by atoms with E-state index in [1.807, 2.05) is 0 Å². The molecule has 4 atom stereocenters. The van der Waals surface area contributed by atoms with Gasteiger partial charge in [-0.15, -0.1) is 0 Å². The molecule has 1 amide bonds. The molecule has 1 rings (SSSR count). The molecular weight excluding hydrogens is 356 g/mol. The molecule has 1 heterocycles. The molecule has 0 aromatic carbocycles.